The molecule has 0 amide bonds. The van der Waals surface area contributed by atoms with Gasteiger partial charge in [-0.15, -0.1) is 0 Å². The number of benzene rings is 1. The first kappa shape index (κ1) is 19.1. The van der Waals surface area contributed by atoms with Gasteiger partial charge in [-0.3, -0.25) is 0 Å². The van der Waals surface area contributed by atoms with Crippen LogP contribution in [0.5, 0.6) is 11.5 Å². The van der Waals surface area contributed by atoms with Crippen LogP contribution in [-0.2, 0) is 9.47 Å². The quantitative estimate of drug-likeness (QED) is 0.810. The zero-order chi connectivity index (χ0) is 17.4. The van der Waals surface area contributed by atoms with Crippen molar-refractivity contribution in [1.82, 2.24) is 0 Å². The molecule has 0 spiro atoms. The maximum absolute atomic E-state index is 6.09. The van der Waals surface area contributed by atoms with Crippen LogP contribution in [0.15, 0.2) is 12.1 Å². The van der Waals surface area contributed by atoms with Crippen LogP contribution < -0.4 is 9.47 Å². The molecule has 136 valence electrons. The highest BCUT2D eigenvalue weighted by Crippen LogP contribution is 2.40. The lowest BCUT2D eigenvalue weighted by molar-refractivity contribution is 0.0221. The van der Waals surface area contributed by atoms with E-state index >= 15 is 0 Å². The third-order valence-electron chi connectivity index (χ3n) is 4.76. The van der Waals surface area contributed by atoms with Gasteiger partial charge >= 0.3 is 0 Å². The zero-order valence-electron chi connectivity index (χ0n) is 15.6. The topological polar surface area (TPSA) is 36.9 Å². The maximum Gasteiger partial charge on any atom is 0.164 e. The highest BCUT2D eigenvalue weighted by molar-refractivity contribution is 5.51. The molecule has 0 aliphatic carbocycles. The molecule has 4 heteroatoms. The van der Waals surface area contributed by atoms with Crippen molar-refractivity contribution in [3.05, 3.63) is 23.3 Å². The summed E-state index contributed by atoms with van der Waals surface area (Å²) in [5.74, 6) is 2.65. The molecule has 2 rings (SSSR count). The minimum Gasteiger partial charge on any atom is -0.487 e. The van der Waals surface area contributed by atoms with Crippen molar-refractivity contribution < 1.29 is 18.9 Å². The molecule has 2 atom stereocenters. The molecule has 24 heavy (non-hydrogen) atoms. The van der Waals surface area contributed by atoms with E-state index in [4.69, 9.17) is 18.9 Å². The van der Waals surface area contributed by atoms with E-state index in [-0.39, 0.29) is 0 Å². The number of ether oxygens (including phenoxy) is 4. The van der Waals surface area contributed by atoms with Crippen molar-refractivity contribution >= 4 is 0 Å². The van der Waals surface area contributed by atoms with E-state index in [2.05, 4.69) is 39.8 Å². The van der Waals surface area contributed by atoms with Crippen molar-refractivity contribution in [3.63, 3.8) is 0 Å². The van der Waals surface area contributed by atoms with Crippen molar-refractivity contribution in [3.8, 4) is 11.5 Å². The second-order valence-electron chi connectivity index (χ2n) is 6.48. The molecular weight excluding hydrogens is 304 g/mol. The van der Waals surface area contributed by atoms with E-state index in [0.717, 1.165) is 24.3 Å². The van der Waals surface area contributed by atoms with Gasteiger partial charge in [-0.2, -0.15) is 0 Å². The summed E-state index contributed by atoms with van der Waals surface area (Å²) in [5, 5.41) is 0. The maximum atomic E-state index is 6.09. The number of hydrogen-bond acceptors (Lipinski definition) is 4. The molecule has 1 aromatic carbocycles. The Hall–Kier alpha value is -1.26. The zero-order valence-corrected chi connectivity index (χ0v) is 15.6. The van der Waals surface area contributed by atoms with E-state index in [1.807, 2.05) is 0 Å². The first-order valence-corrected chi connectivity index (χ1v) is 9.26. The summed E-state index contributed by atoms with van der Waals surface area (Å²) in [5.41, 5.74) is 2.56. The predicted octanol–water partition coefficient (Wildman–Crippen LogP) is 4.52. The van der Waals surface area contributed by atoms with Gasteiger partial charge < -0.3 is 18.9 Å². The summed E-state index contributed by atoms with van der Waals surface area (Å²) in [6.07, 6.45) is 2.18. The first-order valence-electron chi connectivity index (χ1n) is 9.26. The minimum atomic E-state index is 0.427. The molecule has 0 saturated carbocycles. The van der Waals surface area contributed by atoms with Crippen molar-refractivity contribution in [2.75, 3.05) is 39.6 Å². The Morgan fingerprint density at radius 2 is 1.38 bits per heavy atom. The van der Waals surface area contributed by atoms with Gasteiger partial charge in [0.05, 0.1) is 26.4 Å². The minimum absolute atomic E-state index is 0.427. The third kappa shape index (κ3) is 5.12. The molecule has 1 aliphatic heterocycles. The van der Waals surface area contributed by atoms with Crippen molar-refractivity contribution in [1.29, 1.82) is 0 Å². The molecule has 1 heterocycles. The largest absolute Gasteiger partial charge is 0.487 e. The van der Waals surface area contributed by atoms with Gasteiger partial charge in [0.15, 0.2) is 11.5 Å². The monoisotopic (exact) mass is 336 g/mol. The summed E-state index contributed by atoms with van der Waals surface area (Å²) < 4.78 is 23.2. The standard InChI is InChI=1S/C20H32O4/c1-5-15(3)17-13-18(16(4)6-2)20-19(14-17)23-11-9-21-7-8-22-10-12-24-20/h13-16H,5-12H2,1-4H3. The highest BCUT2D eigenvalue weighted by atomic mass is 16.6. The molecule has 0 bridgehead atoms. The lowest BCUT2D eigenvalue weighted by Crippen LogP contribution is -2.17. The molecule has 0 aromatic heterocycles. The average Bonchev–Trinajstić information content (AvgIpc) is 2.60. The molecule has 0 saturated heterocycles. The Morgan fingerprint density at radius 3 is 2.00 bits per heavy atom. The lowest BCUT2D eigenvalue weighted by Gasteiger charge is -2.23. The number of hydrogen-bond donors (Lipinski definition) is 0. The van der Waals surface area contributed by atoms with Crippen molar-refractivity contribution in [2.24, 2.45) is 0 Å². The normalized spacial score (nSPS) is 19.0. The van der Waals surface area contributed by atoms with Crippen LogP contribution in [0.1, 0.15) is 63.5 Å². The van der Waals surface area contributed by atoms with Gasteiger partial charge in [0, 0.05) is 5.56 Å². The van der Waals surface area contributed by atoms with E-state index in [1.165, 1.54) is 11.1 Å². The Bertz CT molecular complexity index is 501. The Morgan fingerprint density at radius 1 is 0.792 bits per heavy atom. The highest BCUT2D eigenvalue weighted by Gasteiger charge is 2.20. The van der Waals surface area contributed by atoms with E-state index in [9.17, 15) is 0 Å². The number of rotatable bonds is 4. The van der Waals surface area contributed by atoms with Crippen LogP contribution in [-0.4, -0.2) is 39.6 Å². The van der Waals surface area contributed by atoms with Gasteiger partial charge in [0.1, 0.15) is 13.2 Å². The summed E-state index contributed by atoms with van der Waals surface area (Å²) in [7, 11) is 0. The summed E-state index contributed by atoms with van der Waals surface area (Å²) >= 11 is 0. The first-order chi connectivity index (χ1) is 11.7. The van der Waals surface area contributed by atoms with Crippen LogP contribution in [0, 0.1) is 0 Å². The number of fused-ring (bicyclic) bond motifs is 1. The van der Waals surface area contributed by atoms with E-state index < -0.39 is 0 Å². The average molecular weight is 336 g/mol. The second-order valence-corrected chi connectivity index (χ2v) is 6.48. The SMILES string of the molecule is CCC(C)c1cc2c(c(C(C)CC)c1)OCCOCCOCCO2. The van der Waals surface area contributed by atoms with Gasteiger partial charge in [-0.05, 0) is 36.3 Å². The van der Waals surface area contributed by atoms with Gasteiger partial charge in [-0.25, -0.2) is 0 Å². The summed E-state index contributed by atoms with van der Waals surface area (Å²) in [4.78, 5) is 0. The van der Waals surface area contributed by atoms with Crippen LogP contribution in [0.25, 0.3) is 0 Å². The molecule has 2 unspecified atom stereocenters. The molecule has 0 N–H and O–H groups in total. The lowest BCUT2D eigenvalue weighted by atomic mass is 9.90. The Kier molecular flexibility index (Phi) is 7.86. The summed E-state index contributed by atoms with van der Waals surface area (Å²) in [6, 6.07) is 4.44. The van der Waals surface area contributed by atoms with Crippen LogP contribution >= 0.6 is 0 Å². The fourth-order valence-electron chi connectivity index (χ4n) is 2.75. The second kappa shape index (κ2) is 9.90. The summed E-state index contributed by atoms with van der Waals surface area (Å²) in [6.45, 7) is 12.3. The molecule has 1 aromatic rings. The molecule has 0 fully saturated rings. The molecule has 4 nitrogen and oxygen atoms in total. The van der Waals surface area contributed by atoms with Crippen LogP contribution in [0.4, 0.5) is 0 Å². The smallest absolute Gasteiger partial charge is 0.164 e. The van der Waals surface area contributed by atoms with Gasteiger partial charge in [-0.1, -0.05) is 33.8 Å². The van der Waals surface area contributed by atoms with E-state index in [0.29, 0.717) is 51.5 Å². The van der Waals surface area contributed by atoms with Gasteiger partial charge in [0.25, 0.3) is 0 Å². The van der Waals surface area contributed by atoms with Crippen molar-refractivity contribution in [2.45, 2.75) is 52.4 Å². The Balaban J connectivity index is 2.37. The molecule has 0 radical (unpaired) electrons. The molecule has 1 aliphatic rings. The van der Waals surface area contributed by atoms with E-state index in [1.54, 1.807) is 0 Å². The van der Waals surface area contributed by atoms with Crippen LogP contribution in [0.3, 0.4) is 0 Å². The molecular formula is C20H32O4. The third-order valence-corrected chi connectivity index (χ3v) is 4.76. The van der Waals surface area contributed by atoms with Crippen LogP contribution in [0.2, 0.25) is 0 Å². The van der Waals surface area contributed by atoms with Gasteiger partial charge in [0.2, 0.25) is 0 Å². The fraction of sp³-hybridized carbons (Fsp3) is 0.700. The fourth-order valence-corrected chi connectivity index (χ4v) is 2.75. The Labute approximate surface area is 146 Å². The predicted molar refractivity (Wildman–Crippen MR) is 96.5 cm³/mol.